The summed E-state index contributed by atoms with van der Waals surface area (Å²) in [7, 11) is 1.76. The quantitative estimate of drug-likeness (QED) is 0.298. The number of aliphatic imine (C=N–C) groups is 1. The van der Waals surface area contributed by atoms with Gasteiger partial charge in [0, 0.05) is 20.1 Å². The zero-order valence-electron chi connectivity index (χ0n) is 16.7. The molecule has 152 valence electrons. The normalized spacial score (nSPS) is 15.9. The van der Waals surface area contributed by atoms with E-state index in [1.165, 1.54) is 11.1 Å². The fourth-order valence-electron chi connectivity index (χ4n) is 2.85. The van der Waals surface area contributed by atoms with Crippen LogP contribution < -0.4 is 16.0 Å². The second-order valence-corrected chi connectivity index (χ2v) is 6.95. The van der Waals surface area contributed by atoms with Crippen LogP contribution in [0.3, 0.4) is 0 Å². The molecule has 0 aliphatic heterocycles. The topological polar surface area (TPSA) is 74.8 Å². The van der Waals surface area contributed by atoms with E-state index in [-0.39, 0.29) is 36.1 Å². The van der Waals surface area contributed by atoms with Gasteiger partial charge in [-0.25, -0.2) is 4.79 Å². The average molecular weight is 488 g/mol. The molecule has 0 heterocycles. The first-order valence-electron chi connectivity index (χ1n) is 9.47. The molecule has 3 N–H and O–H groups in total. The number of ether oxygens (including phenoxy) is 1. The average Bonchev–Trinajstić information content (AvgIpc) is 3.46. The lowest BCUT2D eigenvalue weighted by Crippen LogP contribution is -2.48. The Labute approximate surface area is 179 Å². The standard InChI is InChI=1S/C20H32N4O2.HI/c1-5-26-20(25)24-18(17-10-11-17)13-23-19(21-4)22-12-15(3)16-8-6-14(2)7-9-16;/h6-9,15,17-18H,5,10-13H2,1-4H3,(H,24,25)(H2,21,22,23);1H. The van der Waals surface area contributed by atoms with E-state index in [0.717, 1.165) is 25.3 Å². The highest BCUT2D eigenvalue weighted by atomic mass is 127. The lowest BCUT2D eigenvalue weighted by Gasteiger charge is -2.21. The van der Waals surface area contributed by atoms with Crippen molar-refractivity contribution < 1.29 is 9.53 Å². The van der Waals surface area contributed by atoms with Gasteiger partial charge in [0.2, 0.25) is 0 Å². The van der Waals surface area contributed by atoms with Crippen molar-refractivity contribution in [3.8, 4) is 0 Å². The largest absolute Gasteiger partial charge is 0.450 e. The number of rotatable bonds is 8. The molecule has 6 nitrogen and oxygen atoms in total. The number of amides is 1. The third kappa shape index (κ3) is 8.36. The molecule has 0 saturated heterocycles. The summed E-state index contributed by atoms with van der Waals surface area (Å²) in [4.78, 5) is 16.0. The molecule has 1 aromatic carbocycles. The smallest absolute Gasteiger partial charge is 0.407 e. The first-order chi connectivity index (χ1) is 12.5. The number of nitrogens with one attached hydrogen (secondary N) is 3. The highest BCUT2D eigenvalue weighted by molar-refractivity contribution is 14.0. The summed E-state index contributed by atoms with van der Waals surface area (Å²) in [5.41, 5.74) is 2.57. The van der Waals surface area contributed by atoms with Gasteiger partial charge in [-0.05, 0) is 44.1 Å². The Kier molecular flexibility index (Phi) is 10.5. The zero-order chi connectivity index (χ0) is 18.9. The van der Waals surface area contributed by atoms with Crippen molar-refractivity contribution in [1.82, 2.24) is 16.0 Å². The summed E-state index contributed by atoms with van der Waals surface area (Å²) >= 11 is 0. The monoisotopic (exact) mass is 488 g/mol. The predicted octanol–water partition coefficient (Wildman–Crippen LogP) is 3.41. The molecule has 0 bridgehead atoms. The summed E-state index contributed by atoms with van der Waals surface area (Å²) in [6.07, 6.45) is 1.95. The van der Waals surface area contributed by atoms with E-state index in [9.17, 15) is 4.79 Å². The molecule has 1 saturated carbocycles. The van der Waals surface area contributed by atoms with Gasteiger partial charge in [0.15, 0.2) is 5.96 Å². The van der Waals surface area contributed by atoms with Crippen molar-refractivity contribution in [1.29, 1.82) is 0 Å². The third-order valence-electron chi connectivity index (χ3n) is 4.70. The van der Waals surface area contributed by atoms with Gasteiger partial charge in [-0.15, -0.1) is 24.0 Å². The van der Waals surface area contributed by atoms with Gasteiger partial charge in [0.25, 0.3) is 0 Å². The third-order valence-corrected chi connectivity index (χ3v) is 4.70. The molecular weight excluding hydrogens is 455 g/mol. The summed E-state index contributed by atoms with van der Waals surface area (Å²) in [6.45, 7) is 7.92. The Balaban J connectivity index is 0.00000364. The van der Waals surface area contributed by atoms with Crippen molar-refractivity contribution in [2.45, 2.75) is 45.6 Å². The highest BCUT2D eigenvalue weighted by Gasteiger charge is 2.32. The number of nitrogens with zero attached hydrogens (tertiary/aromatic N) is 1. The summed E-state index contributed by atoms with van der Waals surface area (Å²) in [6, 6.07) is 8.69. The van der Waals surface area contributed by atoms with Gasteiger partial charge in [-0.3, -0.25) is 4.99 Å². The number of guanidine groups is 1. The molecule has 1 fully saturated rings. The first kappa shape index (κ1) is 23.5. The van der Waals surface area contributed by atoms with E-state index in [1.807, 2.05) is 6.92 Å². The first-order valence-corrected chi connectivity index (χ1v) is 9.47. The molecule has 7 heteroatoms. The number of carbonyl (C=O) groups is 1. The molecule has 2 unspecified atom stereocenters. The second kappa shape index (κ2) is 12.0. The Hall–Kier alpha value is -1.51. The Morgan fingerprint density at radius 1 is 1.22 bits per heavy atom. The maximum atomic E-state index is 11.7. The van der Waals surface area contributed by atoms with E-state index < -0.39 is 0 Å². The molecule has 0 spiro atoms. The van der Waals surface area contributed by atoms with Gasteiger partial charge in [0.1, 0.15) is 0 Å². The van der Waals surface area contributed by atoms with Crippen LogP contribution in [0.2, 0.25) is 0 Å². The van der Waals surface area contributed by atoms with Crippen LogP contribution in [0.25, 0.3) is 0 Å². The van der Waals surface area contributed by atoms with Crippen LogP contribution >= 0.6 is 24.0 Å². The van der Waals surface area contributed by atoms with Gasteiger partial charge in [-0.2, -0.15) is 0 Å². The molecule has 0 radical (unpaired) electrons. The maximum Gasteiger partial charge on any atom is 0.407 e. The number of hydrogen-bond acceptors (Lipinski definition) is 3. The van der Waals surface area contributed by atoms with Crippen molar-refractivity contribution in [3.05, 3.63) is 35.4 Å². The van der Waals surface area contributed by atoms with Crippen LogP contribution in [0.15, 0.2) is 29.3 Å². The Morgan fingerprint density at radius 3 is 2.41 bits per heavy atom. The van der Waals surface area contributed by atoms with Gasteiger partial charge < -0.3 is 20.7 Å². The van der Waals surface area contributed by atoms with Gasteiger partial charge in [-0.1, -0.05) is 36.8 Å². The van der Waals surface area contributed by atoms with Crippen LogP contribution in [-0.2, 0) is 4.74 Å². The van der Waals surface area contributed by atoms with Gasteiger partial charge >= 0.3 is 6.09 Å². The van der Waals surface area contributed by atoms with E-state index >= 15 is 0 Å². The Bertz CT molecular complexity index is 603. The molecule has 27 heavy (non-hydrogen) atoms. The highest BCUT2D eigenvalue weighted by Crippen LogP contribution is 2.32. The molecule has 2 atom stereocenters. The SMILES string of the molecule is CCOC(=O)NC(CNC(=NC)NCC(C)c1ccc(C)cc1)C1CC1.I. The molecule has 1 amide bonds. The number of carbonyl (C=O) groups excluding carboxylic acids is 1. The number of aryl methyl sites for hydroxylation is 1. The van der Waals surface area contributed by atoms with E-state index in [0.29, 0.717) is 25.0 Å². The summed E-state index contributed by atoms with van der Waals surface area (Å²) in [5.74, 6) is 1.66. The molecular formula is C20H33IN4O2. The van der Waals surface area contributed by atoms with Gasteiger partial charge in [0.05, 0.1) is 12.6 Å². The van der Waals surface area contributed by atoms with Crippen LogP contribution in [0, 0.1) is 12.8 Å². The van der Waals surface area contributed by atoms with Crippen LogP contribution in [0.5, 0.6) is 0 Å². The lowest BCUT2D eigenvalue weighted by atomic mass is 10.0. The van der Waals surface area contributed by atoms with Crippen molar-refractivity contribution in [3.63, 3.8) is 0 Å². The van der Waals surface area contributed by atoms with Crippen molar-refractivity contribution in [2.75, 3.05) is 26.7 Å². The van der Waals surface area contributed by atoms with E-state index in [2.05, 4.69) is 59.1 Å². The van der Waals surface area contributed by atoms with Crippen molar-refractivity contribution >= 4 is 36.0 Å². The fourth-order valence-corrected chi connectivity index (χ4v) is 2.85. The number of hydrogen-bond donors (Lipinski definition) is 3. The molecule has 1 aromatic rings. The minimum atomic E-state index is -0.345. The van der Waals surface area contributed by atoms with Crippen LogP contribution in [0.4, 0.5) is 4.79 Å². The summed E-state index contributed by atoms with van der Waals surface area (Å²) in [5, 5.41) is 9.64. The van der Waals surface area contributed by atoms with Crippen LogP contribution in [-0.4, -0.2) is 44.8 Å². The zero-order valence-corrected chi connectivity index (χ0v) is 19.1. The van der Waals surface area contributed by atoms with Crippen LogP contribution in [0.1, 0.15) is 43.7 Å². The minimum absolute atomic E-state index is 0. The van der Waals surface area contributed by atoms with Crippen molar-refractivity contribution in [2.24, 2.45) is 10.9 Å². The predicted molar refractivity (Wildman–Crippen MR) is 121 cm³/mol. The second-order valence-electron chi connectivity index (χ2n) is 6.95. The number of benzene rings is 1. The van der Waals surface area contributed by atoms with E-state index in [4.69, 9.17) is 4.74 Å². The lowest BCUT2D eigenvalue weighted by molar-refractivity contribution is 0.146. The fraction of sp³-hybridized carbons (Fsp3) is 0.600. The van der Waals surface area contributed by atoms with E-state index in [1.54, 1.807) is 7.05 Å². The maximum absolute atomic E-state index is 11.7. The minimum Gasteiger partial charge on any atom is -0.450 e. The molecule has 1 aliphatic rings. The molecule has 1 aliphatic carbocycles. The number of halogens is 1. The number of alkyl carbamates (subject to hydrolysis) is 1. The molecule has 2 rings (SSSR count). The molecule has 0 aromatic heterocycles. The summed E-state index contributed by atoms with van der Waals surface area (Å²) < 4.78 is 5.00. The Morgan fingerprint density at radius 2 is 1.85 bits per heavy atom.